The lowest BCUT2D eigenvalue weighted by Crippen LogP contribution is -2.62. The highest BCUT2D eigenvalue weighted by molar-refractivity contribution is 7.92. The molecule has 5 rings (SSSR count). The molecular formula is C22H26F3N3O5S. The van der Waals surface area contributed by atoms with Gasteiger partial charge in [0, 0.05) is 26.2 Å². The summed E-state index contributed by atoms with van der Waals surface area (Å²) >= 11 is 0. The average Bonchev–Trinajstić information content (AvgIpc) is 3.37. The minimum Gasteiger partial charge on any atom is -0.366 e. The molecule has 34 heavy (non-hydrogen) atoms. The lowest BCUT2D eigenvalue weighted by Gasteiger charge is -2.42. The maximum atomic E-state index is 13.1. The minimum atomic E-state index is -4.52. The fourth-order valence-electron chi connectivity index (χ4n) is 5.75. The topological polar surface area (TPSA) is 96.0 Å². The Morgan fingerprint density at radius 1 is 1.03 bits per heavy atom. The van der Waals surface area contributed by atoms with E-state index >= 15 is 0 Å². The molecule has 4 fully saturated rings. The van der Waals surface area contributed by atoms with Crippen molar-refractivity contribution in [3.63, 3.8) is 0 Å². The number of fused-ring (bicyclic) bond motifs is 2. The molecule has 1 aromatic rings. The minimum absolute atomic E-state index is 0.0356. The summed E-state index contributed by atoms with van der Waals surface area (Å²) in [6.07, 6.45) is -3.20. The SMILES string of the molecule is O=C1CO[C@H]2CCN(C(=O)N3CC4CC(S(=O)(=O)c5ccc(C(F)(F)F)cc5)CC4C3)C[C@H]2N1. The average molecular weight is 502 g/mol. The third-order valence-corrected chi connectivity index (χ3v) is 9.71. The van der Waals surface area contributed by atoms with Gasteiger partial charge in [0.2, 0.25) is 5.91 Å². The molecule has 4 aliphatic rings. The Morgan fingerprint density at radius 2 is 1.68 bits per heavy atom. The number of rotatable bonds is 2. The van der Waals surface area contributed by atoms with Crippen molar-refractivity contribution in [3.05, 3.63) is 29.8 Å². The van der Waals surface area contributed by atoms with E-state index < -0.39 is 26.8 Å². The van der Waals surface area contributed by atoms with Gasteiger partial charge in [0.15, 0.2) is 9.84 Å². The maximum Gasteiger partial charge on any atom is 0.416 e. The second-order valence-corrected chi connectivity index (χ2v) is 11.9. The molecule has 0 bridgehead atoms. The maximum absolute atomic E-state index is 13.1. The first kappa shape index (κ1) is 23.4. The Morgan fingerprint density at radius 3 is 2.29 bits per heavy atom. The van der Waals surface area contributed by atoms with Crippen LogP contribution in [0.5, 0.6) is 0 Å². The van der Waals surface area contributed by atoms with E-state index in [-0.39, 0.29) is 47.4 Å². The summed E-state index contributed by atoms with van der Waals surface area (Å²) in [5, 5.41) is 2.21. The Labute approximate surface area is 195 Å². The second kappa shape index (κ2) is 8.40. The van der Waals surface area contributed by atoms with E-state index in [0.717, 1.165) is 24.3 Å². The van der Waals surface area contributed by atoms with Crippen molar-refractivity contribution < 1.29 is 35.9 Å². The number of carbonyl (C=O) groups is 2. The molecule has 8 nitrogen and oxygen atoms in total. The van der Waals surface area contributed by atoms with Gasteiger partial charge in [0.25, 0.3) is 0 Å². The van der Waals surface area contributed by atoms with E-state index in [1.807, 2.05) is 0 Å². The molecule has 0 radical (unpaired) electrons. The van der Waals surface area contributed by atoms with Crippen LogP contribution in [-0.2, 0) is 25.5 Å². The third kappa shape index (κ3) is 4.26. The van der Waals surface area contributed by atoms with Crippen molar-refractivity contribution >= 4 is 21.8 Å². The molecule has 4 atom stereocenters. The molecule has 186 valence electrons. The van der Waals surface area contributed by atoms with E-state index in [9.17, 15) is 31.2 Å². The number of ether oxygens (including phenoxy) is 1. The molecular weight excluding hydrogens is 475 g/mol. The number of nitrogens with zero attached hydrogens (tertiary/aromatic N) is 2. The molecule has 1 aromatic carbocycles. The highest BCUT2D eigenvalue weighted by Crippen LogP contribution is 2.43. The van der Waals surface area contributed by atoms with Gasteiger partial charge in [-0.25, -0.2) is 13.2 Å². The number of hydrogen-bond donors (Lipinski definition) is 1. The van der Waals surface area contributed by atoms with E-state index in [2.05, 4.69) is 5.32 Å². The summed E-state index contributed by atoms with van der Waals surface area (Å²) in [4.78, 5) is 28.1. The van der Waals surface area contributed by atoms with Crippen LogP contribution in [0.15, 0.2) is 29.2 Å². The number of likely N-dealkylation sites (tertiary alicyclic amines) is 2. The van der Waals surface area contributed by atoms with Crippen LogP contribution in [0.3, 0.4) is 0 Å². The van der Waals surface area contributed by atoms with Crippen molar-refractivity contribution in [1.29, 1.82) is 0 Å². The number of amides is 3. The molecule has 3 saturated heterocycles. The number of morpholine rings is 1. The van der Waals surface area contributed by atoms with Gasteiger partial charge in [-0.3, -0.25) is 4.79 Å². The predicted molar refractivity (Wildman–Crippen MR) is 113 cm³/mol. The van der Waals surface area contributed by atoms with E-state index in [1.165, 1.54) is 0 Å². The summed E-state index contributed by atoms with van der Waals surface area (Å²) < 4.78 is 70.0. The lowest BCUT2D eigenvalue weighted by molar-refractivity contribution is -0.139. The summed E-state index contributed by atoms with van der Waals surface area (Å²) in [5.74, 6) is -0.117. The van der Waals surface area contributed by atoms with Crippen LogP contribution in [0.2, 0.25) is 0 Å². The van der Waals surface area contributed by atoms with Crippen molar-refractivity contribution in [2.75, 3.05) is 32.8 Å². The van der Waals surface area contributed by atoms with Gasteiger partial charge in [-0.2, -0.15) is 13.2 Å². The summed E-state index contributed by atoms with van der Waals surface area (Å²) in [6, 6.07) is 3.31. The Hall–Kier alpha value is -2.34. The standard InChI is InChI=1S/C22H26F3N3O5S/c23-22(24,25)15-1-3-16(4-2-15)34(31,32)17-7-13-9-28(10-14(13)8-17)21(30)27-6-5-19-18(11-27)26-20(29)12-33-19/h1-4,13-14,17-19H,5-12H2,(H,26,29)/t13?,14?,17?,18-,19+/m1/s1. The summed E-state index contributed by atoms with van der Waals surface area (Å²) in [5.41, 5.74) is -0.882. The van der Waals surface area contributed by atoms with Gasteiger partial charge in [-0.05, 0) is 55.4 Å². The van der Waals surface area contributed by atoms with Crippen molar-refractivity contribution in [2.24, 2.45) is 11.8 Å². The molecule has 1 aliphatic carbocycles. The number of sulfone groups is 1. The largest absolute Gasteiger partial charge is 0.416 e. The first-order valence-electron chi connectivity index (χ1n) is 11.4. The highest BCUT2D eigenvalue weighted by Gasteiger charge is 2.48. The Balaban J connectivity index is 1.19. The fourth-order valence-corrected chi connectivity index (χ4v) is 7.65. The molecule has 3 aliphatic heterocycles. The van der Waals surface area contributed by atoms with E-state index in [0.29, 0.717) is 45.4 Å². The smallest absolute Gasteiger partial charge is 0.366 e. The van der Waals surface area contributed by atoms with Crippen LogP contribution in [-0.4, -0.2) is 80.3 Å². The van der Waals surface area contributed by atoms with E-state index in [1.54, 1.807) is 9.80 Å². The van der Waals surface area contributed by atoms with Gasteiger partial charge >= 0.3 is 12.2 Å². The van der Waals surface area contributed by atoms with Gasteiger partial charge in [-0.1, -0.05) is 0 Å². The monoisotopic (exact) mass is 501 g/mol. The Bertz CT molecular complexity index is 1060. The fraction of sp³-hybridized carbons (Fsp3) is 0.636. The number of hydrogen-bond acceptors (Lipinski definition) is 5. The van der Waals surface area contributed by atoms with Gasteiger partial charge in [-0.15, -0.1) is 0 Å². The van der Waals surface area contributed by atoms with Crippen LogP contribution in [0, 0.1) is 11.8 Å². The third-order valence-electron chi connectivity index (χ3n) is 7.52. The molecule has 12 heteroatoms. The number of urea groups is 1. The van der Waals surface area contributed by atoms with Gasteiger partial charge < -0.3 is 19.9 Å². The Kier molecular flexibility index (Phi) is 5.78. The first-order chi connectivity index (χ1) is 16.0. The zero-order chi connectivity index (χ0) is 24.3. The molecule has 3 heterocycles. The molecule has 0 spiro atoms. The number of halogens is 3. The lowest BCUT2D eigenvalue weighted by atomic mass is 10.0. The molecule has 1 N–H and O–H groups in total. The van der Waals surface area contributed by atoms with Crippen LogP contribution in [0.1, 0.15) is 24.8 Å². The molecule has 1 saturated carbocycles. The number of benzene rings is 1. The number of alkyl halides is 3. The quantitative estimate of drug-likeness (QED) is 0.668. The second-order valence-electron chi connectivity index (χ2n) is 9.63. The molecule has 3 amide bonds. The first-order valence-corrected chi connectivity index (χ1v) is 12.9. The number of nitrogens with one attached hydrogen (secondary N) is 1. The van der Waals surface area contributed by atoms with Crippen LogP contribution < -0.4 is 5.32 Å². The summed E-state index contributed by atoms with van der Waals surface area (Å²) in [6.45, 7) is 1.87. The highest BCUT2D eigenvalue weighted by atomic mass is 32.2. The van der Waals surface area contributed by atoms with Crippen molar-refractivity contribution in [3.8, 4) is 0 Å². The predicted octanol–water partition coefficient (Wildman–Crippen LogP) is 1.90. The van der Waals surface area contributed by atoms with Crippen LogP contribution >= 0.6 is 0 Å². The molecule has 2 unspecified atom stereocenters. The zero-order valence-electron chi connectivity index (χ0n) is 18.3. The molecule has 0 aromatic heterocycles. The number of carbonyl (C=O) groups excluding carboxylic acids is 2. The number of piperidine rings is 1. The van der Waals surface area contributed by atoms with Crippen molar-refractivity contribution in [1.82, 2.24) is 15.1 Å². The van der Waals surface area contributed by atoms with Crippen LogP contribution in [0.4, 0.5) is 18.0 Å². The van der Waals surface area contributed by atoms with E-state index in [4.69, 9.17) is 4.74 Å². The normalized spacial score (nSPS) is 31.7. The summed E-state index contributed by atoms with van der Waals surface area (Å²) in [7, 11) is -3.76. The van der Waals surface area contributed by atoms with Crippen LogP contribution in [0.25, 0.3) is 0 Å². The van der Waals surface area contributed by atoms with Gasteiger partial charge in [0.1, 0.15) is 6.61 Å². The zero-order valence-corrected chi connectivity index (χ0v) is 19.1. The van der Waals surface area contributed by atoms with Gasteiger partial charge in [0.05, 0.1) is 27.9 Å². The van der Waals surface area contributed by atoms with Crippen molar-refractivity contribution in [2.45, 2.75) is 47.7 Å².